The minimum absolute atomic E-state index is 0.0171. The fourth-order valence-electron chi connectivity index (χ4n) is 5.38. The third-order valence-electron chi connectivity index (χ3n) is 7.26. The van der Waals surface area contributed by atoms with Crippen molar-refractivity contribution < 1.29 is 17.9 Å². The van der Waals surface area contributed by atoms with Gasteiger partial charge in [0.1, 0.15) is 3.92 Å². The van der Waals surface area contributed by atoms with E-state index in [1.165, 1.54) is 5.56 Å². The second-order valence-electron chi connectivity index (χ2n) is 9.72. The monoisotopic (exact) mass is 637 g/mol. The molecule has 0 bridgehead atoms. The second-order valence-corrected chi connectivity index (χ2v) is 12.9. The number of piperidine rings is 1. The molecule has 3 aliphatic rings. The first-order chi connectivity index (χ1) is 17.8. The van der Waals surface area contributed by atoms with E-state index >= 15 is 0 Å². The lowest BCUT2D eigenvalue weighted by atomic mass is 9.98. The zero-order valence-corrected chi connectivity index (χ0v) is 23.6. The number of nitrogens with two attached hydrogens (primary N) is 1. The molecule has 37 heavy (non-hydrogen) atoms. The molecule has 198 valence electrons. The number of hydrogen-bond donors (Lipinski definition) is 1. The summed E-state index contributed by atoms with van der Waals surface area (Å²) in [5.41, 5.74) is 3.00. The van der Waals surface area contributed by atoms with Gasteiger partial charge >= 0.3 is 0 Å². The summed E-state index contributed by atoms with van der Waals surface area (Å²) in [5.74, 6) is 6.57. The smallest absolute Gasteiger partial charge is 0.239 e. The van der Waals surface area contributed by atoms with Crippen LogP contribution in [0.5, 0.6) is 0 Å². The maximum Gasteiger partial charge on any atom is 0.239 e. The number of fused-ring (bicyclic) bond motifs is 1. The molecule has 1 aromatic heterocycles. The number of carbonyl (C=O) groups excluding carboxylic acids is 1. The number of likely N-dealkylation sites (tertiary alicyclic amines) is 1. The number of morpholine rings is 1. The Morgan fingerprint density at radius 2 is 1.89 bits per heavy atom. The molecule has 9 nitrogen and oxygen atoms in total. The third kappa shape index (κ3) is 5.70. The van der Waals surface area contributed by atoms with Crippen LogP contribution >= 0.6 is 22.6 Å². The van der Waals surface area contributed by atoms with Crippen molar-refractivity contribution in [3.05, 3.63) is 65.5 Å². The molecule has 11 heteroatoms. The maximum atomic E-state index is 13.5. The zero-order chi connectivity index (χ0) is 26.0. The fourth-order valence-corrected chi connectivity index (χ4v) is 8.24. The Labute approximate surface area is 231 Å². The molecule has 2 saturated heterocycles. The minimum atomic E-state index is -3.61. The molecule has 4 heterocycles. The molecule has 2 aromatic rings. The van der Waals surface area contributed by atoms with Gasteiger partial charge in [0.15, 0.2) is 9.84 Å². The van der Waals surface area contributed by atoms with Gasteiger partial charge in [0, 0.05) is 44.1 Å². The predicted octanol–water partition coefficient (Wildman–Crippen LogP) is 2.08. The third-order valence-corrected chi connectivity index (χ3v) is 10.3. The van der Waals surface area contributed by atoms with Crippen molar-refractivity contribution in [1.29, 1.82) is 0 Å². The molecule has 1 aromatic carbocycles. The van der Waals surface area contributed by atoms with Gasteiger partial charge in [-0.1, -0.05) is 40.8 Å². The summed E-state index contributed by atoms with van der Waals surface area (Å²) in [5, 5.41) is 1.75. The number of sulfone groups is 1. The number of ether oxygens (including phenoxy) is 1. The molecule has 2 fully saturated rings. The highest BCUT2D eigenvalue weighted by molar-refractivity contribution is 14.1. The summed E-state index contributed by atoms with van der Waals surface area (Å²) in [6.07, 6.45) is 5.47. The van der Waals surface area contributed by atoms with Crippen LogP contribution in [-0.2, 0) is 25.9 Å². The van der Waals surface area contributed by atoms with Gasteiger partial charge in [-0.05, 0) is 48.7 Å². The van der Waals surface area contributed by atoms with Crippen LogP contribution in [0.25, 0.3) is 5.70 Å². The van der Waals surface area contributed by atoms with E-state index in [-0.39, 0.29) is 22.6 Å². The summed E-state index contributed by atoms with van der Waals surface area (Å²) in [6.45, 7) is 4.49. The summed E-state index contributed by atoms with van der Waals surface area (Å²) < 4.78 is 31.4. The average molecular weight is 638 g/mol. The minimum Gasteiger partial charge on any atom is -0.378 e. The number of aromatic nitrogens is 1. The van der Waals surface area contributed by atoms with Crippen LogP contribution in [0.2, 0.25) is 0 Å². The van der Waals surface area contributed by atoms with E-state index in [4.69, 9.17) is 10.6 Å². The largest absolute Gasteiger partial charge is 0.378 e. The van der Waals surface area contributed by atoms with Gasteiger partial charge in [-0.25, -0.2) is 14.3 Å². The van der Waals surface area contributed by atoms with Crippen LogP contribution in [-0.4, -0.2) is 89.2 Å². The van der Waals surface area contributed by atoms with Gasteiger partial charge in [0.2, 0.25) is 5.91 Å². The highest BCUT2D eigenvalue weighted by atomic mass is 127. The highest BCUT2D eigenvalue weighted by Gasteiger charge is 2.40. The van der Waals surface area contributed by atoms with Crippen molar-refractivity contribution in [2.45, 2.75) is 34.2 Å². The number of halogens is 1. The van der Waals surface area contributed by atoms with Crippen LogP contribution < -0.4 is 5.84 Å². The molecule has 3 aliphatic heterocycles. The normalized spacial score (nSPS) is 22.9. The Hall–Kier alpha value is -2.06. The molecule has 0 radical (unpaired) electrons. The van der Waals surface area contributed by atoms with Crippen molar-refractivity contribution >= 4 is 44.0 Å². The van der Waals surface area contributed by atoms with E-state index in [1.807, 2.05) is 18.2 Å². The molecule has 1 unspecified atom stereocenters. The predicted molar refractivity (Wildman–Crippen MR) is 149 cm³/mol. The molecular weight excluding hydrogens is 605 g/mol. The Bertz CT molecular complexity index is 1270. The van der Waals surface area contributed by atoms with E-state index in [0.717, 1.165) is 32.5 Å². The number of hydrogen-bond acceptors (Lipinski definition) is 8. The summed E-state index contributed by atoms with van der Waals surface area (Å²) in [4.78, 5) is 22.0. The zero-order valence-electron chi connectivity index (χ0n) is 20.6. The standard InChI is InChI=1S/C26H32IN5O4S/c27-24(26(33)31-12-14-36-15-13-31)22-18-37(34,35)23-6-2-1-5-21(23)25(22)32(28)20-4-3-11-30(17-20)16-19-7-9-29-10-8-19/h1-2,5-10,20,24H,3-4,11-18,28H2/t20-,24?/m0/s1. The Morgan fingerprint density at radius 3 is 2.65 bits per heavy atom. The molecule has 5 rings (SSSR count). The van der Waals surface area contributed by atoms with Crippen molar-refractivity contribution in [1.82, 2.24) is 19.8 Å². The van der Waals surface area contributed by atoms with Gasteiger partial charge in [-0.15, -0.1) is 0 Å². The molecule has 2 N–H and O–H groups in total. The fraction of sp³-hybridized carbons (Fsp3) is 0.462. The van der Waals surface area contributed by atoms with Crippen LogP contribution in [0, 0.1) is 0 Å². The topological polar surface area (TPSA) is 109 Å². The number of carbonyl (C=O) groups is 1. The SMILES string of the molecule is NN(C1=C(C(I)C(=O)N2CCOCC2)CS(=O)(=O)c2ccccc21)[C@H]1CCCN(Cc2ccncc2)C1. The number of hydrazine groups is 1. The van der Waals surface area contributed by atoms with Gasteiger partial charge in [0.25, 0.3) is 0 Å². The van der Waals surface area contributed by atoms with Gasteiger partial charge in [0.05, 0.1) is 35.6 Å². The first-order valence-electron chi connectivity index (χ1n) is 12.6. The van der Waals surface area contributed by atoms with Crippen molar-refractivity contribution in [3.63, 3.8) is 0 Å². The number of pyridine rings is 1. The van der Waals surface area contributed by atoms with Gasteiger partial charge in [-0.3, -0.25) is 14.7 Å². The van der Waals surface area contributed by atoms with E-state index in [1.54, 1.807) is 40.5 Å². The van der Waals surface area contributed by atoms with Crippen LogP contribution in [0.15, 0.2) is 59.3 Å². The van der Waals surface area contributed by atoms with Crippen molar-refractivity contribution in [3.8, 4) is 0 Å². The van der Waals surface area contributed by atoms with Gasteiger partial charge in [-0.2, -0.15) is 0 Å². The van der Waals surface area contributed by atoms with Gasteiger partial charge < -0.3 is 14.6 Å². The first kappa shape index (κ1) is 26.5. The molecule has 2 atom stereocenters. The number of amides is 1. The number of nitrogens with zero attached hydrogens (tertiary/aromatic N) is 4. The Morgan fingerprint density at radius 1 is 1.16 bits per heavy atom. The molecule has 0 aliphatic carbocycles. The first-order valence-corrected chi connectivity index (χ1v) is 15.5. The molecule has 0 spiro atoms. The molecular formula is C26H32IN5O4S. The summed E-state index contributed by atoms with van der Waals surface area (Å²) in [7, 11) is -3.61. The van der Waals surface area contributed by atoms with E-state index in [2.05, 4.69) is 32.5 Å². The molecule has 0 saturated carbocycles. The van der Waals surface area contributed by atoms with E-state index in [0.29, 0.717) is 43.1 Å². The Kier molecular flexibility index (Phi) is 8.15. The number of alkyl halides is 1. The quantitative estimate of drug-likeness (QED) is 0.222. The van der Waals surface area contributed by atoms with E-state index < -0.39 is 13.8 Å². The van der Waals surface area contributed by atoms with Crippen molar-refractivity contribution in [2.24, 2.45) is 5.84 Å². The van der Waals surface area contributed by atoms with Crippen LogP contribution in [0.1, 0.15) is 24.0 Å². The van der Waals surface area contributed by atoms with E-state index in [9.17, 15) is 13.2 Å². The lowest BCUT2D eigenvalue weighted by Gasteiger charge is -2.41. The maximum absolute atomic E-state index is 13.5. The van der Waals surface area contributed by atoms with Crippen LogP contribution in [0.4, 0.5) is 0 Å². The lowest BCUT2D eigenvalue weighted by Crippen LogP contribution is -2.51. The Balaban J connectivity index is 1.48. The van der Waals surface area contributed by atoms with Crippen molar-refractivity contribution in [2.75, 3.05) is 45.1 Å². The highest BCUT2D eigenvalue weighted by Crippen LogP contribution is 2.39. The van der Waals surface area contributed by atoms with Crippen LogP contribution in [0.3, 0.4) is 0 Å². The lowest BCUT2D eigenvalue weighted by molar-refractivity contribution is -0.133. The number of rotatable bonds is 6. The average Bonchev–Trinajstić information content (AvgIpc) is 2.93. The second kappa shape index (κ2) is 11.4. The number of benzene rings is 1. The summed E-state index contributed by atoms with van der Waals surface area (Å²) in [6, 6.07) is 11.0. The summed E-state index contributed by atoms with van der Waals surface area (Å²) >= 11 is 2.09. The molecule has 1 amide bonds.